The van der Waals surface area contributed by atoms with Gasteiger partial charge < -0.3 is 9.30 Å². The van der Waals surface area contributed by atoms with Crippen molar-refractivity contribution in [1.29, 1.82) is 0 Å². The van der Waals surface area contributed by atoms with Gasteiger partial charge in [0.25, 0.3) is 0 Å². The molecule has 4 aromatic carbocycles. The Labute approximate surface area is 233 Å². The van der Waals surface area contributed by atoms with Gasteiger partial charge in [0, 0.05) is 17.8 Å². The first kappa shape index (κ1) is 28.1. The van der Waals surface area contributed by atoms with Crippen LogP contribution in [-0.4, -0.2) is 11.7 Å². The molecule has 5 rings (SSSR count). The van der Waals surface area contributed by atoms with E-state index in [1.807, 2.05) is 78.2 Å². The minimum Gasteiger partial charge on any atom is -0.497 e. The zero-order chi connectivity index (χ0) is 29.4. The van der Waals surface area contributed by atoms with E-state index in [9.17, 15) is 26.3 Å². The molecule has 0 amide bonds. The number of aromatic nitrogens is 1. The van der Waals surface area contributed by atoms with E-state index in [0.29, 0.717) is 29.2 Å². The highest BCUT2D eigenvalue weighted by molar-refractivity contribution is 5.87. The molecule has 0 bridgehead atoms. The molecule has 210 valence electrons. The van der Waals surface area contributed by atoms with Crippen molar-refractivity contribution >= 4 is 0 Å². The van der Waals surface area contributed by atoms with Crippen molar-refractivity contribution in [2.45, 2.75) is 25.8 Å². The van der Waals surface area contributed by atoms with Crippen molar-refractivity contribution in [2.75, 3.05) is 7.11 Å². The molecule has 0 fully saturated rings. The van der Waals surface area contributed by atoms with Crippen molar-refractivity contribution in [3.63, 3.8) is 0 Å². The fourth-order valence-corrected chi connectivity index (χ4v) is 4.83. The lowest BCUT2D eigenvalue weighted by atomic mass is 9.96. The van der Waals surface area contributed by atoms with Crippen molar-refractivity contribution < 1.29 is 31.1 Å². The summed E-state index contributed by atoms with van der Waals surface area (Å²) in [6.07, 6.45) is -9.93. The van der Waals surface area contributed by atoms with Gasteiger partial charge in [0.2, 0.25) is 0 Å². The van der Waals surface area contributed by atoms with E-state index in [4.69, 9.17) is 4.74 Å². The highest BCUT2D eigenvalue weighted by Crippen LogP contribution is 2.44. The van der Waals surface area contributed by atoms with E-state index in [2.05, 4.69) is 0 Å². The van der Waals surface area contributed by atoms with E-state index in [1.165, 1.54) is 7.11 Å². The third-order valence-corrected chi connectivity index (χ3v) is 6.89. The highest BCUT2D eigenvalue weighted by atomic mass is 19.4. The summed E-state index contributed by atoms with van der Waals surface area (Å²) in [5.41, 5.74) is 1.76. The van der Waals surface area contributed by atoms with E-state index in [0.717, 1.165) is 28.8 Å². The molecule has 0 radical (unpaired) electrons. The largest absolute Gasteiger partial charge is 0.497 e. The summed E-state index contributed by atoms with van der Waals surface area (Å²) in [4.78, 5) is 0. The smallest absolute Gasteiger partial charge is 0.416 e. The third-order valence-electron chi connectivity index (χ3n) is 6.89. The van der Waals surface area contributed by atoms with Crippen LogP contribution in [-0.2, 0) is 18.9 Å². The first-order valence-electron chi connectivity index (χ1n) is 12.7. The molecule has 8 heteroatoms. The summed E-state index contributed by atoms with van der Waals surface area (Å²) >= 11 is 0. The second-order valence-corrected chi connectivity index (χ2v) is 9.75. The van der Waals surface area contributed by atoms with Gasteiger partial charge >= 0.3 is 12.4 Å². The van der Waals surface area contributed by atoms with Gasteiger partial charge in [-0.25, -0.2) is 0 Å². The average molecular weight is 566 g/mol. The summed E-state index contributed by atoms with van der Waals surface area (Å²) in [7, 11) is 1.53. The van der Waals surface area contributed by atoms with Crippen LogP contribution in [0.1, 0.15) is 22.3 Å². The Bertz CT molecular complexity index is 1620. The number of benzene rings is 4. The molecule has 1 heterocycles. The fraction of sp³-hybridized carbons (Fsp3) is 0.152. The molecule has 0 N–H and O–H groups in total. The molecule has 0 saturated carbocycles. The number of hydrogen-bond donors (Lipinski definition) is 0. The molecule has 0 aliphatic heterocycles. The van der Waals surface area contributed by atoms with E-state index in [1.54, 1.807) is 18.2 Å². The molecular weight excluding hydrogens is 540 g/mol. The van der Waals surface area contributed by atoms with Crippen molar-refractivity contribution in [3.8, 4) is 39.4 Å². The molecule has 0 aliphatic rings. The number of rotatable bonds is 6. The molecular formula is C33H25F6NO. The van der Waals surface area contributed by atoms with Gasteiger partial charge in [0.05, 0.1) is 23.9 Å². The van der Waals surface area contributed by atoms with Crippen LogP contribution in [0, 0.1) is 6.92 Å². The Hall–Kier alpha value is -4.46. The van der Waals surface area contributed by atoms with Gasteiger partial charge in [-0.15, -0.1) is 0 Å². The molecule has 0 atom stereocenters. The normalized spacial score (nSPS) is 12.0. The summed E-state index contributed by atoms with van der Waals surface area (Å²) in [6.45, 7) is 2.23. The summed E-state index contributed by atoms with van der Waals surface area (Å²) in [5, 5.41) is 0. The first-order valence-corrected chi connectivity index (χ1v) is 12.7. The van der Waals surface area contributed by atoms with Crippen LogP contribution in [0.4, 0.5) is 26.3 Å². The van der Waals surface area contributed by atoms with Crippen LogP contribution in [0.15, 0.2) is 103 Å². The average Bonchev–Trinajstić information content (AvgIpc) is 3.32. The van der Waals surface area contributed by atoms with Crippen molar-refractivity contribution in [3.05, 3.63) is 125 Å². The molecule has 0 unspecified atom stereocenters. The van der Waals surface area contributed by atoms with Crippen LogP contribution in [0.5, 0.6) is 5.75 Å². The molecule has 5 aromatic rings. The van der Waals surface area contributed by atoms with Gasteiger partial charge in [-0.2, -0.15) is 26.3 Å². The lowest BCUT2D eigenvalue weighted by Crippen LogP contribution is -2.11. The Morgan fingerprint density at radius 2 is 1.20 bits per heavy atom. The number of hydrogen-bond acceptors (Lipinski definition) is 1. The Balaban J connectivity index is 1.85. The van der Waals surface area contributed by atoms with Gasteiger partial charge in [-0.05, 0) is 77.7 Å². The summed E-state index contributed by atoms with van der Waals surface area (Å²) in [6, 6.07) is 27.4. The topological polar surface area (TPSA) is 14.2 Å². The van der Waals surface area contributed by atoms with E-state index in [-0.39, 0.29) is 17.2 Å². The fourth-order valence-electron chi connectivity index (χ4n) is 4.83. The molecule has 0 saturated heterocycles. The van der Waals surface area contributed by atoms with Crippen LogP contribution in [0.3, 0.4) is 0 Å². The minimum atomic E-state index is -4.97. The zero-order valence-corrected chi connectivity index (χ0v) is 22.1. The Morgan fingerprint density at radius 3 is 1.73 bits per heavy atom. The number of aryl methyl sites for hydroxylation is 1. The van der Waals surface area contributed by atoms with Crippen LogP contribution < -0.4 is 4.74 Å². The lowest BCUT2D eigenvalue weighted by Gasteiger charge is -2.17. The number of halogens is 6. The van der Waals surface area contributed by atoms with Gasteiger partial charge in [0.15, 0.2) is 0 Å². The predicted octanol–water partition coefficient (Wildman–Crippen LogP) is 9.89. The maximum Gasteiger partial charge on any atom is 0.416 e. The lowest BCUT2D eigenvalue weighted by molar-refractivity contribution is -0.143. The summed E-state index contributed by atoms with van der Waals surface area (Å²) in [5.74, 6) is 0.613. The van der Waals surface area contributed by atoms with Gasteiger partial charge in [0.1, 0.15) is 5.75 Å². The first-order chi connectivity index (χ1) is 19.4. The quantitative estimate of drug-likeness (QED) is 0.187. The van der Waals surface area contributed by atoms with Crippen LogP contribution in [0.2, 0.25) is 0 Å². The molecule has 2 nitrogen and oxygen atoms in total. The minimum absolute atomic E-state index is 0.153. The molecule has 0 spiro atoms. The standard InChI is InChI=1S/C33H25F6NO/c1-21-8-10-24(11-9-21)31-29(25-16-26(32(34,35)36)18-27(17-25)33(37,38)39)19-30(23-12-14-28(41-2)15-13-23)40(31)20-22-6-4-3-5-7-22/h3-19H,20H2,1-2H3. The van der Waals surface area contributed by atoms with Gasteiger partial charge in [-0.1, -0.05) is 60.2 Å². The highest BCUT2D eigenvalue weighted by Gasteiger charge is 2.37. The molecule has 0 aliphatic carbocycles. The number of methoxy groups -OCH3 is 1. The third kappa shape index (κ3) is 6.01. The maximum absolute atomic E-state index is 13.8. The van der Waals surface area contributed by atoms with Gasteiger partial charge in [-0.3, -0.25) is 0 Å². The predicted molar refractivity (Wildman–Crippen MR) is 148 cm³/mol. The molecule has 41 heavy (non-hydrogen) atoms. The second kappa shape index (κ2) is 10.8. The van der Waals surface area contributed by atoms with Crippen molar-refractivity contribution in [2.24, 2.45) is 0 Å². The number of ether oxygens (including phenoxy) is 1. The SMILES string of the molecule is COc1ccc(-c2cc(-c3cc(C(F)(F)F)cc(C(F)(F)F)c3)c(-c3ccc(C)cc3)n2Cc2ccccc2)cc1. The summed E-state index contributed by atoms with van der Waals surface area (Å²) < 4.78 is 90.3. The van der Waals surface area contributed by atoms with E-state index >= 15 is 0 Å². The maximum atomic E-state index is 13.8. The zero-order valence-electron chi connectivity index (χ0n) is 22.1. The molecule has 1 aromatic heterocycles. The van der Waals surface area contributed by atoms with E-state index < -0.39 is 23.5 Å². The monoisotopic (exact) mass is 565 g/mol. The Kier molecular flexibility index (Phi) is 7.43. The number of alkyl halides is 6. The number of nitrogens with zero attached hydrogens (tertiary/aromatic N) is 1. The second-order valence-electron chi connectivity index (χ2n) is 9.75. The Morgan fingerprint density at radius 1 is 0.634 bits per heavy atom. The van der Waals surface area contributed by atoms with Crippen LogP contribution >= 0.6 is 0 Å². The van der Waals surface area contributed by atoms with Crippen molar-refractivity contribution in [1.82, 2.24) is 4.57 Å². The van der Waals surface area contributed by atoms with Crippen LogP contribution in [0.25, 0.3) is 33.6 Å².